The highest BCUT2D eigenvalue weighted by Crippen LogP contribution is 2.49. The molecule has 3 heterocycles. The molecule has 1 amide bonds. The molecular formula is C21H39N4O6PSSi. The summed E-state index contributed by atoms with van der Waals surface area (Å²) < 4.78 is 36.8. The van der Waals surface area contributed by atoms with Crippen molar-refractivity contribution < 1.29 is 27.0 Å². The van der Waals surface area contributed by atoms with Crippen LogP contribution in [0.15, 0.2) is 11.3 Å². The second kappa shape index (κ2) is 10.6. The van der Waals surface area contributed by atoms with E-state index >= 15 is 0 Å². The van der Waals surface area contributed by atoms with E-state index in [2.05, 4.69) is 30.4 Å². The van der Waals surface area contributed by atoms with Gasteiger partial charge in [-0.25, -0.2) is 9.93 Å². The summed E-state index contributed by atoms with van der Waals surface area (Å²) >= 11 is 0. The van der Waals surface area contributed by atoms with Gasteiger partial charge in [-0.1, -0.05) is 27.7 Å². The number of likely N-dealkylation sites (tertiary alicyclic amines) is 1. The molecular weight excluding hydrogens is 495 g/mol. The summed E-state index contributed by atoms with van der Waals surface area (Å²) in [7, 11) is -3.70. The van der Waals surface area contributed by atoms with Crippen molar-refractivity contribution in [1.29, 1.82) is 0 Å². The zero-order chi connectivity index (χ0) is 25.4. The van der Waals surface area contributed by atoms with Crippen LogP contribution >= 0.6 is 9.47 Å². The van der Waals surface area contributed by atoms with Crippen molar-refractivity contribution >= 4 is 39.9 Å². The van der Waals surface area contributed by atoms with E-state index in [1.165, 1.54) is 0 Å². The lowest BCUT2D eigenvalue weighted by Gasteiger charge is -2.49. The van der Waals surface area contributed by atoms with E-state index in [0.717, 1.165) is 23.7 Å². The average molecular weight is 535 g/mol. The van der Waals surface area contributed by atoms with Crippen LogP contribution in [0.5, 0.6) is 0 Å². The van der Waals surface area contributed by atoms with E-state index in [-0.39, 0.29) is 35.9 Å². The predicted molar refractivity (Wildman–Crippen MR) is 135 cm³/mol. The maximum atomic E-state index is 13.3. The topological polar surface area (TPSA) is 131 Å². The lowest BCUT2D eigenvalue weighted by Crippen LogP contribution is -2.65. The van der Waals surface area contributed by atoms with Crippen LogP contribution in [0.1, 0.15) is 41.0 Å². The minimum Gasteiger partial charge on any atom is -0.447 e. The quantitative estimate of drug-likeness (QED) is 0.232. The number of amides is 1. The highest BCUT2D eigenvalue weighted by molar-refractivity contribution is 7.87. The number of carbonyl (C=O) groups is 2. The molecule has 13 heteroatoms. The molecule has 10 nitrogen and oxygen atoms in total. The van der Waals surface area contributed by atoms with E-state index in [1.54, 1.807) is 4.90 Å². The summed E-state index contributed by atoms with van der Waals surface area (Å²) in [5.74, 6) is -0.982. The number of β-lactam (4-membered cyclic amide) rings is 1. The third kappa shape index (κ3) is 5.28. The van der Waals surface area contributed by atoms with E-state index < -0.39 is 24.5 Å². The van der Waals surface area contributed by atoms with Crippen molar-refractivity contribution in [1.82, 2.24) is 14.5 Å². The summed E-state index contributed by atoms with van der Waals surface area (Å²) in [6, 6.07) is 2.60. The first kappa shape index (κ1) is 27.7. The molecule has 0 aromatic carbocycles. The Morgan fingerprint density at radius 3 is 2.44 bits per heavy atom. The highest BCUT2D eigenvalue weighted by atomic mass is 32.2. The first-order valence-electron chi connectivity index (χ1n) is 12.1. The number of rotatable bonds is 11. The maximum absolute atomic E-state index is 13.3. The Balaban J connectivity index is 1.79. The number of nitrogens with two attached hydrogens (primary N) is 1. The molecule has 2 fully saturated rings. The van der Waals surface area contributed by atoms with Crippen molar-refractivity contribution in [2.75, 3.05) is 19.6 Å². The monoisotopic (exact) mass is 534 g/mol. The SMILES string of the molecule is CC[Si](CC)(CC)O[C@H](C)C1C(=O)N2C(C(=O)OP)=C(CN3CC[C@H](NS(N)(=O)=O)C3)[C@H](C)[C@H]12. The molecule has 0 saturated carbocycles. The second-order valence-electron chi connectivity index (χ2n) is 9.74. The van der Waals surface area contributed by atoms with Crippen LogP contribution in [0.2, 0.25) is 18.1 Å². The fraction of sp³-hybridized carbons (Fsp3) is 0.810. The predicted octanol–water partition coefficient (Wildman–Crippen LogP) is 1.33. The van der Waals surface area contributed by atoms with Crippen molar-refractivity contribution in [2.45, 2.75) is 77.4 Å². The molecule has 2 saturated heterocycles. The Kier molecular flexibility index (Phi) is 8.65. The zero-order valence-electron chi connectivity index (χ0n) is 20.7. The number of fused-ring (bicyclic) bond motifs is 1. The van der Waals surface area contributed by atoms with Crippen molar-refractivity contribution in [3.63, 3.8) is 0 Å². The Hall–Kier alpha value is -0.883. The van der Waals surface area contributed by atoms with Gasteiger partial charge in [0.15, 0.2) is 8.32 Å². The fourth-order valence-corrected chi connectivity index (χ4v) is 9.60. The molecule has 0 bridgehead atoms. The Bertz CT molecular complexity index is 935. The number of carbonyl (C=O) groups excluding carboxylic acids is 2. The van der Waals surface area contributed by atoms with Gasteiger partial charge in [-0.3, -0.25) is 9.69 Å². The Morgan fingerprint density at radius 1 is 1.29 bits per heavy atom. The van der Waals surface area contributed by atoms with Gasteiger partial charge >= 0.3 is 5.97 Å². The van der Waals surface area contributed by atoms with Gasteiger partial charge < -0.3 is 13.8 Å². The molecule has 3 rings (SSSR count). The Labute approximate surface area is 206 Å². The van der Waals surface area contributed by atoms with Gasteiger partial charge in [-0.05, 0) is 37.0 Å². The van der Waals surface area contributed by atoms with Crippen LogP contribution in [0.3, 0.4) is 0 Å². The third-order valence-corrected chi connectivity index (χ3v) is 13.6. The summed E-state index contributed by atoms with van der Waals surface area (Å²) in [5, 5.41) is 5.12. The molecule has 6 atom stereocenters. The second-order valence-corrected chi connectivity index (χ2v) is 16.0. The van der Waals surface area contributed by atoms with Crippen LogP contribution in [0.25, 0.3) is 0 Å². The molecule has 194 valence electrons. The highest BCUT2D eigenvalue weighted by Gasteiger charge is 2.61. The fourth-order valence-electron chi connectivity index (χ4n) is 5.90. The molecule has 0 radical (unpaired) electrons. The number of nitrogens with one attached hydrogen (secondary N) is 1. The minimum absolute atomic E-state index is 0.0425. The van der Waals surface area contributed by atoms with Gasteiger partial charge in [-0.15, -0.1) is 0 Å². The smallest absolute Gasteiger partial charge is 0.357 e. The van der Waals surface area contributed by atoms with Crippen LogP contribution < -0.4 is 9.86 Å². The number of hydrogen-bond acceptors (Lipinski definition) is 7. The van der Waals surface area contributed by atoms with E-state index in [9.17, 15) is 18.0 Å². The molecule has 0 spiro atoms. The zero-order valence-corrected chi connectivity index (χ0v) is 23.7. The van der Waals surface area contributed by atoms with Crippen LogP contribution in [-0.4, -0.2) is 76.2 Å². The molecule has 3 N–H and O–H groups in total. The van der Waals surface area contributed by atoms with Crippen LogP contribution in [0.4, 0.5) is 0 Å². The van der Waals surface area contributed by atoms with Gasteiger partial charge in [0.1, 0.15) is 5.70 Å². The molecule has 0 aromatic rings. The molecule has 0 aromatic heterocycles. The summed E-state index contributed by atoms with van der Waals surface area (Å²) in [6.07, 6.45) is 0.407. The minimum atomic E-state index is -3.78. The summed E-state index contributed by atoms with van der Waals surface area (Å²) in [6.45, 7) is 12.1. The van der Waals surface area contributed by atoms with E-state index in [0.29, 0.717) is 31.8 Å². The maximum Gasteiger partial charge on any atom is 0.357 e. The third-order valence-electron chi connectivity index (χ3n) is 7.97. The average Bonchev–Trinajstić information content (AvgIpc) is 3.31. The number of hydrogen-bond donors (Lipinski definition) is 2. The lowest BCUT2D eigenvalue weighted by atomic mass is 9.77. The van der Waals surface area contributed by atoms with Gasteiger partial charge in [0.05, 0.1) is 27.5 Å². The molecule has 0 aliphatic carbocycles. The molecule has 3 aliphatic heterocycles. The van der Waals surface area contributed by atoms with Crippen LogP contribution in [0, 0.1) is 11.8 Å². The van der Waals surface area contributed by atoms with E-state index in [1.807, 2.05) is 23.3 Å². The van der Waals surface area contributed by atoms with Crippen molar-refractivity contribution in [2.24, 2.45) is 17.0 Å². The molecule has 34 heavy (non-hydrogen) atoms. The van der Waals surface area contributed by atoms with Gasteiger partial charge in [0.25, 0.3) is 10.2 Å². The molecule has 3 aliphatic rings. The first-order chi connectivity index (χ1) is 15.9. The summed E-state index contributed by atoms with van der Waals surface area (Å²) in [5.41, 5.74) is 1.16. The standard InChI is InChI=1S/C21H39N4O6PSSi/c1-6-34(7-2,8-3)31-14(5)17-18-13(4)16(19(21(27)30-32)25(18)20(17)26)12-24-10-9-15(11-24)23-33(22,28)29/h13-15,17-18,23H,6-12,32H2,1-5H3,(H2,22,28,29)/t13-,14+,15-,17?,18+/m0/s1. The largest absolute Gasteiger partial charge is 0.447 e. The van der Waals surface area contributed by atoms with Crippen molar-refractivity contribution in [3.05, 3.63) is 11.3 Å². The molecule has 2 unspecified atom stereocenters. The van der Waals surface area contributed by atoms with Crippen molar-refractivity contribution in [3.8, 4) is 0 Å². The first-order valence-corrected chi connectivity index (χ1v) is 16.6. The van der Waals surface area contributed by atoms with Gasteiger partial charge in [0, 0.05) is 31.6 Å². The summed E-state index contributed by atoms with van der Waals surface area (Å²) in [4.78, 5) is 29.7. The number of nitrogens with zero attached hydrogens (tertiary/aromatic N) is 2. The lowest BCUT2D eigenvalue weighted by molar-refractivity contribution is -0.161. The van der Waals surface area contributed by atoms with Gasteiger partial charge in [-0.2, -0.15) is 13.1 Å². The van der Waals surface area contributed by atoms with Crippen LogP contribution in [-0.2, 0) is 28.7 Å². The normalized spacial score (nSPS) is 28.8. The Morgan fingerprint density at radius 2 is 1.91 bits per heavy atom. The van der Waals surface area contributed by atoms with E-state index in [4.69, 9.17) is 14.1 Å². The van der Waals surface area contributed by atoms with Gasteiger partial charge in [0.2, 0.25) is 5.91 Å².